The number of fused-ring (bicyclic) bond motifs is 1. The van der Waals surface area contributed by atoms with Gasteiger partial charge < -0.3 is 10.1 Å². The fourth-order valence-corrected chi connectivity index (χ4v) is 2.93. The number of carbonyl (C=O) groups is 2. The second kappa shape index (κ2) is 7.67. The van der Waals surface area contributed by atoms with Gasteiger partial charge in [-0.1, -0.05) is 46.4 Å². The van der Waals surface area contributed by atoms with Crippen LogP contribution in [0.2, 0.25) is 20.1 Å². The van der Waals surface area contributed by atoms with Gasteiger partial charge in [-0.3, -0.25) is 9.20 Å². The maximum Gasteiger partial charge on any atom is 0.340 e. The zero-order valence-corrected chi connectivity index (χ0v) is 15.7. The molecule has 1 amide bonds. The summed E-state index contributed by atoms with van der Waals surface area (Å²) >= 11 is 23.8. The highest BCUT2D eigenvalue weighted by Crippen LogP contribution is 2.40. The Morgan fingerprint density at radius 3 is 2.50 bits per heavy atom. The number of esters is 1. The summed E-state index contributed by atoms with van der Waals surface area (Å²) in [5.74, 6) is -1.36. The molecule has 0 unspecified atom stereocenters. The zero-order valence-electron chi connectivity index (χ0n) is 12.7. The molecule has 0 aliphatic carbocycles. The summed E-state index contributed by atoms with van der Waals surface area (Å²) < 4.78 is 6.52. The van der Waals surface area contributed by atoms with Crippen LogP contribution >= 0.6 is 46.4 Å². The van der Waals surface area contributed by atoms with Crippen LogP contribution in [0.1, 0.15) is 10.4 Å². The Kier molecular flexibility index (Phi) is 5.52. The van der Waals surface area contributed by atoms with E-state index in [0.29, 0.717) is 5.65 Å². The standard InChI is InChI=1S/C15H8Cl4N4O3/c16-8-3-9(17)13(19)14(12(8)18)21-11(24)5-26-15(25)7-1-2-10-22-20-6-23(10)4-7/h1-4,6H,5H2,(H,21,24). The van der Waals surface area contributed by atoms with Gasteiger partial charge in [0.15, 0.2) is 12.3 Å². The number of hydrogen-bond acceptors (Lipinski definition) is 5. The van der Waals surface area contributed by atoms with Crippen molar-refractivity contribution in [3.05, 3.63) is 56.4 Å². The van der Waals surface area contributed by atoms with E-state index in [4.69, 9.17) is 51.1 Å². The Bertz CT molecular complexity index is 995. The topological polar surface area (TPSA) is 85.6 Å². The van der Waals surface area contributed by atoms with Gasteiger partial charge in [-0.2, -0.15) is 0 Å². The molecule has 2 aromatic heterocycles. The summed E-state index contributed by atoms with van der Waals surface area (Å²) in [5.41, 5.74) is 0.839. The highest BCUT2D eigenvalue weighted by atomic mass is 35.5. The monoisotopic (exact) mass is 432 g/mol. The van der Waals surface area contributed by atoms with Gasteiger partial charge >= 0.3 is 5.97 Å². The van der Waals surface area contributed by atoms with Gasteiger partial charge in [0.05, 0.1) is 31.3 Å². The Labute approximate surface area is 166 Å². The molecule has 1 aromatic carbocycles. The molecule has 0 saturated carbocycles. The van der Waals surface area contributed by atoms with Crippen molar-refractivity contribution in [3.8, 4) is 0 Å². The van der Waals surface area contributed by atoms with E-state index < -0.39 is 18.5 Å². The number of benzene rings is 1. The molecule has 11 heteroatoms. The summed E-state index contributed by atoms with van der Waals surface area (Å²) in [5, 5.41) is 10.2. The molecule has 3 aromatic rings. The highest BCUT2D eigenvalue weighted by molar-refractivity contribution is 6.50. The van der Waals surface area contributed by atoms with E-state index in [0.717, 1.165) is 0 Å². The molecule has 2 heterocycles. The molecule has 0 radical (unpaired) electrons. The van der Waals surface area contributed by atoms with Crippen molar-refractivity contribution in [3.63, 3.8) is 0 Å². The third kappa shape index (κ3) is 3.86. The summed E-state index contributed by atoms with van der Waals surface area (Å²) in [7, 11) is 0. The van der Waals surface area contributed by atoms with Crippen molar-refractivity contribution < 1.29 is 14.3 Å². The normalized spacial score (nSPS) is 10.8. The van der Waals surface area contributed by atoms with Crippen molar-refractivity contribution in [2.24, 2.45) is 0 Å². The number of halogens is 4. The number of pyridine rings is 1. The molecule has 0 saturated heterocycles. The molecule has 0 fully saturated rings. The zero-order chi connectivity index (χ0) is 18.8. The summed E-state index contributed by atoms with van der Waals surface area (Å²) in [6.07, 6.45) is 2.92. The van der Waals surface area contributed by atoms with Crippen LogP contribution in [0.5, 0.6) is 0 Å². The predicted molar refractivity (Wildman–Crippen MR) is 98.4 cm³/mol. The van der Waals surface area contributed by atoms with Crippen LogP contribution in [-0.4, -0.2) is 33.1 Å². The quantitative estimate of drug-likeness (QED) is 0.493. The van der Waals surface area contributed by atoms with Crippen LogP contribution in [0.25, 0.3) is 5.65 Å². The lowest BCUT2D eigenvalue weighted by Gasteiger charge is -2.12. The first kappa shape index (κ1) is 18.7. The van der Waals surface area contributed by atoms with E-state index in [-0.39, 0.29) is 31.3 Å². The fraction of sp³-hybridized carbons (Fsp3) is 0.0667. The van der Waals surface area contributed by atoms with Gasteiger partial charge in [0, 0.05) is 6.20 Å². The Morgan fingerprint density at radius 2 is 1.81 bits per heavy atom. The van der Waals surface area contributed by atoms with E-state index in [9.17, 15) is 9.59 Å². The van der Waals surface area contributed by atoms with Gasteiger partial charge in [0.2, 0.25) is 0 Å². The van der Waals surface area contributed by atoms with Gasteiger partial charge in [-0.05, 0) is 18.2 Å². The smallest absolute Gasteiger partial charge is 0.340 e. The van der Waals surface area contributed by atoms with Crippen molar-refractivity contribution in [1.82, 2.24) is 14.6 Å². The first-order valence-electron chi connectivity index (χ1n) is 6.96. The Hall–Kier alpha value is -2.06. The molecule has 0 atom stereocenters. The van der Waals surface area contributed by atoms with Crippen molar-refractivity contribution in [2.45, 2.75) is 0 Å². The molecule has 7 nitrogen and oxygen atoms in total. The molecular formula is C15H8Cl4N4O3. The summed E-state index contributed by atoms with van der Waals surface area (Å²) in [4.78, 5) is 24.1. The van der Waals surface area contributed by atoms with Crippen LogP contribution in [0.4, 0.5) is 5.69 Å². The molecule has 26 heavy (non-hydrogen) atoms. The van der Waals surface area contributed by atoms with E-state index >= 15 is 0 Å². The predicted octanol–water partition coefficient (Wildman–Crippen LogP) is 4.14. The number of carbonyl (C=O) groups excluding carboxylic acids is 2. The third-order valence-corrected chi connectivity index (χ3v) is 4.81. The number of nitrogens with zero attached hydrogens (tertiary/aromatic N) is 3. The lowest BCUT2D eigenvalue weighted by molar-refractivity contribution is -0.119. The van der Waals surface area contributed by atoms with Crippen LogP contribution in [0, 0.1) is 0 Å². The number of ether oxygens (including phenoxy) is 1. The van der Waals surface area contributed by atoms with E-state index in [1.165, 1.54) is 24.7 Å². The van der Waals surface area contributed by atoms with Crippen LogP contribution in [-0.2, 0) is 9.53 Å². The molecular weight excluding hydrogens is 426 g/mol. The molecule has 0 aliphatic heterocycles. The number of rotatable bonds is 4. The number of hydrogen-bond donors (Lipinski definition) is 1. The molecule has 0 spiro atoms. The van der Waals surface area contributed by atoms with Crippen LogP contribution in [0.3, 0.4) is 0 Å². The van der Waals surface area contributed by atoms with Crippen LogP contribution in [0.15, 0.2) is 30.7 Å². The molecule has 0 bridgehead atoms. The second-order valence-corrected chi connectivity index (χ2v) is 6.55. The van der Waals surface area contributed by atoms with Gasteiger partial charge in [-0.25, -0.2) is 4.79 Å². The average molecular weight is 434 g/mol. The minimum absolute atomic E-state index is 0.0267. The summed E-state index contributed by atoms with van der Waals surface area (Å²) in [6, 6.07) is 4.45. The lowest BCUT2D eigenvalue weighted by Crippen LogP contribution is -2.21. The van der Waals surface area contributed by atoms with Crippen molar-refractivity contribution in [2.75, 3.05) is 11.9 Å². The Morgan fingerprint density at radius 1 is 1.12 bits per heavy atom. The minimum Gasteiger partial charge on any atom is -0.452 e. The van der Waals surface area contributed by atoms with E-state index in [1.54, 1.807) is 10.5 Å². The number of nitrogens with one attached hydrogen (secondary N) is 1. The SMILES string of the molecule is O=C(COC(=O)c1ccc2nncn2c1)Nc1c(Cl)c(Cl)cc(Cl)c1Cl. The van der Waals surface area contributed by atoms with Crippen LogP contribution < -0.4 is 5.32 Å². The maximum absolute atomic E-state index is 12.1. The number of anilines is 1. The molecule has 0 aliphatic rings. The second-order valence-electron chi connectivity index (χ2n) is 4.98. The lowest BCUT2D eigenvalue weighted by atomic mass is 10.3. The average Bonchev–Trinajstić information content (AvgIpc) is 3.09. The minimum atomic E-state index is -0.697. The van der Waals surface area contributed by atoms with Gasteiger partial charge in [-0.15, -0.1) is 10.2 Å². The first-order chi connectivity index (χ1) is 12.4. The fourth-order valence-electron chi connectivity index (χ4n) is 2.02. The van der Waals surface area contributed by atoms with E-state index in [2.05, 4.69) is 15.5 Å². The third-order valence-electron chi connectivity index (χ3n) is 3.24. The van der Waals surface area contributed by atoms with Gasteiger partial charge in [0.1, 0.15) is 6.33 Å². The molecule has 1 N–H and O–H groups in total. The number of amides is 1. The largest absolute Gasteiger partial charge is 0.452 e. The van der Waals surface area contributed by atoms with Crippen molar-refractivity contribution >= 4 is 69.6 Å². The number of aromatic nitrogens is 3. The van der Waals surface area contributed by atoms with E-state index in [1.807, 2.05) is 0 Å². The van der Waals surface area contributed by atoms with Crippen molar-refractivity contribution in [1.29, 1.82) is 0 Å². The molecule has 134 valence electrons. The maximum atomic E-state index is 12.1. The first-order valence-corrected chi connectivity index (χ1v) is 8.47. The molecule has 3 rings (SSSR count). The highest BCUT2D eigenvalue weighted by Gasteiger charge is 2.17. The Balaban J connectivity index is 1.66. The summed E-state index contributed by atoms with van der Waals surface area (Å²) in [6.45, 7) is -0.560. The van der Waals surface area contributed by atoms with Gasteiger partial charge in [0.25, 0.3) is 5.91 Å².